The third-order valence-electron chi connectivity index (χ3n) is 1.42. The maximum Gasteiger partial charge on any atom is 0.352 e. The minimum atomic E-state index is -0.623. The Morgan fingerprint density at radius 2 is 2.00 bits per heavy atom. The molecule has 0 heterocycles. The zero-order chi connectivity index (χ0) is 10.4. The molecule has 4 heteroatoms. The molecule has 74 valence electrons. The summed E-state index contributed by atoms with van der Waals surface area (Å²) in [5.74, 6) is -0.0165. The van der Waals surface area contributed by atoms with Crippen LogP contribution in [0.3, 0.4) is 0 Å². The zero-order valence-electron chi connectivity index (χ0n) is 7.57. The van der Waals surface area contributed by atoms with Crippen molar-refractivity contribution < 1.29 is 14.3 Å². The standard InChI is InChI=1S/C10H9ClO3/c1-13-10(12)9(11)7-14-8-5-3-2-4-6-8/h2-7H,1H3. The van der Waals surface area contributed by atoms with Gasteiger partial charge in [0.15, 0.2) is 5.03 Å². The molecule has 0 fully saturated rings. The maximum absolute atomic E-state index is 10.8. The van der Waals surface area contributed by atoms with Crippen molar-refractivity contribution in [1.82, 2.24) is 0 Å². The fraction of sp³-hybridized carbons (Fsp3) is 0.100. The Morgan fingerprint density at radius 3 is 2.57 bits per heavy atom. The molecule has 0 amide bonds. The number of hydrogen-bond acceptors (Lipinski definition) is 3. The number of carbonyl (C=O) groups is 1. The molecule has 0 bridgehead atoms. The summed E-state index contributed by atoms with van der Waals surface area (Å²) in [6.07, 6.45) is 1.14. The highest BCUT2D eigenvalue weighted by molar-refractivity contribution is 6.41. The minimum Gasteiger partial charge on any atom is -0.465 e. The third kappa shape index (κ3) is 3.11. The van der Waals surface area contributed by atoms with E-state index in [0.29, 0.717) is 5.75 Å². The molecule has 1 aromatic carbocycles. The summed E-state index contributed by atoms with van der Waals surface area (Å²) in [5, 5.41) is -0.101. The first-order valence-electron chi connectivity index (χ1n) is 3.89. The number of para-hydroxylation sites is 1. The summed E-state index contributed by atoms with van der Waals surface area (Å²) in [6.45, 7) is 0. The van der Waals surface area contributed by atoms with Gasteiger partial charge in [0, 0.05) is 0 Å². The first-order chi connectivity index (χ1) is 6.74. The molecule has 0 N–H and O–H groups in total. The molecule has 0 radical (unpaired) electrons. The smallest absolute Gasteiger partial charge is 0.352 e. The zero-order valence-corrected chi connectivity index (χ0v) is 8.32. The number of hydrogen-bond donors (Lipinski definition) is 0. The topological polar surface area (TPSA) is 35.5 Å². The second-order valence-electron chi connectivity index (χ2n) is 2.39. The van der Waals surface area contributed by atoms with Gasteiger partial charge in [0.1, 0.15) is 12.0 Å². The molecule has 3 nitrogen and oxygen atoms in total. The normalized spacial score (nSPS) is 10.9. The Morgan fingerprint density at radius 1 is 1.36 bits per heavy atom. The van der Waals surface area contributed by atoms with Crippen molar-refractivity contribution in [3.8, 4) is 5.75 Å². The maximum atomic E-state index is 10.8. The molecule has 0 aliphatic carbocycles. The molecule has 1 aromatic rings. The van der Waals surface area contributed by atoms with Crippen LogP contribution in [0.4, 0.5) is 0 Å². The van der Waals surface area contributed by atoms with E-state index in [2.05, 4.69) is 4.74 Å². The summed E-state index contributed by atoms with van der Waals surface area (Å²) in [5.41, 5.74) is 0. The molecule has 0 unspecified atom stereocenters. The molecule has 0 spiro atoms. The number of methoxy groups -OCH3 is 1. The highest BCUT2D eigenvalue weighted by atomic mass is 35.5. The first-order valence-corrected chi connectivity index (χ1v) is 4.27. The summed E-state index contributed by atoms with van der Waals surface area (Å²) in [6, 6.07) is 8.98. The van der Waals surface area contributed by atoms with Gasteiger partial charge in [-0.3, -0.25) is 0 Å². The van der Waals surface area contributed by atoms with Crippen LogP contribution >= 0.6 is 11.6 Å². The summed E-state index contributed by atoms with van der Waals surface area (Å²) in [7, 11) is 1.25. The molecule has 0 saturated heterocycles. The first kappa shape index (κ1) is 10.6. The van der Waals surface area contributed by atoms with Crippen LogP contribution < -0.4 is 4.74 Å². The van der Waals surface area contributed by atoms with Gasteiger partial charge in [-0.2, -0.15) is 0 Å². The Hall–Kier alpha value is -1.48. The second-order valence-corrected chi connectivity index (χ2v) is 2.80. The van der Waals surface area contributed by atoms with Gasteiger partial charge in [0.2, 0.25) is 0 Å². The van der Waals surface area contributed by atoms with E-state index in [4.69, 9.17) is 16.3 Å². The molecular formula is C10H9ClO3. The molecule has 0 saturated carbocycles. The van der Waals surface area contributed by atoms with Crippen LogP contribution in [0, 0.1) is 0 Å². The highest BCUT2D eigenvalue weighted by Crippen LogP contribution is 2.11. The fourth-order valence-corrected chi connectivity index (χ4v) is 0.886. The lowest BCUT2D eigenvalue weighted by molar-refractivity contribution is -0.135. The van der Waals surface area contributed by atoms with Gasteiger partial charge in [-0.1, -0.05) is 29.8 Å². The quantitative estimate of drug-likeness (QED) is 0.438. The van der Waals surface area contributed by atoms with E-state index >= 15 is 0 Å². The molecule has 0 aliphatic heterocycles. The Balaban J connectivity index is 2.59. The summed E-state index contributed by atoms with van der Waals surface area (Å²) in [4.78, 5) is 10.8. The molecule has 1 rings (SSSR count). The van der Waals surface area contributed by atoms with E-state index in [1.165, 1.54) is 7.11 Å². The number of halogens is 1. The van der Waals surface area contributed by atoms with Gasteiger partial charge in [-0.25, -0.2) is 4.79 Å². The number of rotatable bonds is 3. The average Bonchev–Trinajstić information content (AvgIpc) is 2.26. The van der Waals surface area contributed by atoms with Gasteiger partial charge < -0.3 is 9.47 Å². The molecule has 0 aromatic heterocycles. The predicted octanol–water partition coefficient (Wildman–Crippen LogP) is 2.32. The third-order valence-corrected chi connectivity index (χ3v) is 1.67. The molecule has 14 heavy (non-hydrogen) atoms. The van der Waals surface area contributed by atoms with Crippen molar-refractivity contribution in [2.24, 2.45) is 0 Å². The van der Waals surface area contributed by atoms with Crippen LogP contribution in [-0.2, 0) is 9.53 Å². The SMILES string of the molecule is COC(=O)C(Cl)=COc1ccccc1. The van der Waals surface area contributed by atoms with Crippen LogP contribution in [0.2, 0.25) is 0 Å². The number of benzene rings is 1. The predicted molar refractivity (Wildman–Crippen MR) is 53.0 cm³/mol. The van der Waals surface area contributed by atoms with E-state index in [1.54, 1.807) is 12.1 Å². The van der Waals surface area contributed by atoms with Crippen LogP contribution in [-0.4, -0.2) is 13.1 Å². The van der Waals surface area contributed by atoms with E-state index in [9.17, 15) is 4.79 Å². The van der Waals surface area contributed by atoms with Crippen LogP contribution in [0.5, 0.6) is 5.75 Å². The van der Waals surface area contributed by atoms with Crippen molar-refractivity contribution in [1.29, 1.82) is 0 Å². The van der Waals surface area contributed by atoms with Gasteiger partial charge in [0.05, 0.1) is 7.11 Å². The fourth-order valence-electron chi connectivity index (χ4n) is 0.764. The van der Waals surface area contributed by atoms with Crippen LogP contribution in [0.15, 0.2) is 41.6 Å². The highest BCUT2D eigenvalue weighted by Gasteiger charge is 2.05. The molecular weight excluding hydrogens is 204 g/mol. The summed E-state index contributed by atoms with van der Waals surface area (Å²) < 4.78 is 9.48. The monoisotopic (exact) mass is 212 g/mol. The lowest BCUT2D eigenvalue weighted by Crippen LogP contribution is -2.00. The Bertz CT molecular complexity index is 332. The van der Waals surface area contributed by atoms with Gasteiger partial charge in [0.25, 0.3) is 0 Å². The number of carbonyl (C=O) groups excluding carboxylic acids is 1. The minimum absolute atomic E-state index is 0.101. The van der Waals surface area contributed by atoms with Crippen molar-refractivity contribution in [3.05, 3.63) is 41.6 Å². The van der Waals surface area contributed by atoms with E-state index < -0.39 is 5.97 Å². The van der Waals surface area contributed by atoms with E-state index in [0.717, 1.165) is 6.26 Å². The van der Waals surface area contributed by atoms with Crippen molar-refractivity contribution in [3.63, 3.8) is 0 Å². The Labute approximate surface area is 86.9 Å². The lowest BCUT2D eigenvalue weighted by atomic mass is 10.3. The van der Waals surface area contributed by atoms with Crippen molar-refractivity contribution in [2.45, 2.75) is 0 Å². The number of esters is 1. The largest absolute Gasteiger partial charge is 0.465 e. The Kier molecular flexibility index (Phi) is 4.01. The van der Waals surface area contributed by atoms with Crippen LogP contribution in [0.25, 0.3) is 0 Å². The molecule has 0 atom stereocenters. The van der Waals surface area contributed by atoms with Gasteiger partial charge in [-0.05, 0) is 12.1 Å². The van der Waals surface area contributed by atoms with Crippen LogP contribution in [0.1, 0.15) is 0 Å². The van der Waals surface area contributed by atoms with Gasteiger partial charge >= 0.3 is 5.97 Å². The van der Waals surface area contributed by atoms with Crippen molar-refractivity contribution >= 4 is 17.6 Å². The number of ether oxygens (including phenoxy) is 2. The lowest BCUT2D eigenvalue weighted by Gasteiger charge is -1.99. The van der Waals surface area contributed by atoms with Gasteiger partial charge in [-0.15, -0.1) is 0 Å². The van der Waals surface area contributed by atoms with Crippen molar-refractivity contribution in [2.75, 3.05) is 7.11 Å². The molecule has 0 aliphatic rings. The second kappa shape index (κ2) is 5.29. The average molecular weight is 213 g/mol. The van der Waals surface area contributed by atoms with E-state index in [-0.39, 0.29) is 5.03 Å². The summed E-state index contributed by atoms with van der Waals surface area (Å²) >= 11 is 5.54. The van der Waals surface area contributed by atoms with E-state index in [1.807, 2.05) is 18.2 Å².